The van der Waals surface area contributed by atoms with Crippen LogP contribution < -0.4 is 15.0 Å². The Labute approximate surface area is 294 Å². The van der Waals surface area contributed by atoms with Gasteiger partial charge in [0.25, 0.3) is 0 Å². The van der Waals surface area contributed by atoms with Gasteiger partial charge in [0.15, 0.2) is 10.9 Å². The molecule has 13 heteroatoms. The molecule has 2 atom stereocenters. The number of alkyl carbamates (subject to hydrolysis) is 1. The van der Waals surface area contributed by atoms with Crippen molar-refractivity contribution < 1.29 is 19.1 Å². The van der Waals surface area contributed by atoms with Crippen molar-refractivity contribution in [1.29, 1.82) is 0 Å². The van der Waals surface area contributed by atoms with Crippen molar-refractivity contribution in [2.45, 2.75) is 77.7 Å². The highest BCUT2D eigenvalue weighted by Crippen LogP contribution is 2.37. The predicted molar refractivity (Wildman–Crippen MR) is 186 cm³/mol. The van der Waals surface area contributed by atoms with E-state index in [1.54, 1.807) is 26.8 Å². The minimum atomic E-state index is -0.660. The maximum atomic E-state index is 14.2. The highest BCUT2D eigenvalue weighted by Gasteiger charge is 2.37. The summed E-state index contributed by atoms with van der Waals surface area (Å²) in [5, 5.41) is 5.55. The number of hydrogen-bond acceptors (Lipinski definition) is 7. The SMILES string of the molecule is Cc1cc(Cl)c(O[C@@H]2CCN(c3ncc(C[C@@H](CNC(=O)OC(C)(C)C)C(=O)N(Cc4cccc(Cl)c4Cl)C4CC4)s3)C2)c(Cl)c1. The number of halogens is 4. The van der Waals surface area contributed by atoms with Crippen LogP contribution in [0.2, 0.25) is 20.1 Å². The molecule has 1 N–H and O–H groups in total. The number of benzene rings is 2. The summed E-state index contributed by atoms with van der Waals surface area (Å²) >= 11 is 27.1. The summed E-state index contributed by atoms with van der Waals surface area (Å²) < 4.78 is 11.7. The highest BCUT2D eigenvalue weighted by atomic mass is 35.5. The molecule has 1 aliphatic carbocycles. The van der Waals surface area contributed by atoms with E-state index in [4.69, 9.17) is 60.9 Å². The highest BCUT2D eigenvalue weighted by molar-refractivity contribution is 7.15. The van der Waals surface area contributed by atoms with Gasteiger partial charge in [0.05, 0.1) is 32.6 Å². The Bertz CT molecular complexity index is 1550. The predicted octanol–water partition coefficient (Wildman–Crippen LogP) is 8.60. The average Bonchev–Trinajstić information content (AvgIpc) is 3.51. The van der Waals surface area contributed by atoms with E-state index in [-0.39, 0.29) is 24.6 Å². The standard InChI is InChI=1S/C33H38Cl4N4O4S/c1-19-12-26(35)29(27(36)13-19)44-23-10-11-40(18-23)31-38-16-24(46-31)14-21(15-39-32(43)45-33(2,3)4)30(42)41(22-8-9-22)17-20-6-5-7-25(34)28(20)37/h5-7,12-13,16,21-23H,8-11,14-15,17-18H2,1-4H3,(H,39,43)/t21-,23+/m0/s1. The van der Waals surface area contributed by atoms with E-state index in [1.807, 2.05) is 42.3 Å². The van der Waals surface area contributed by atoms with E-state index >= 15 is 0 Å². The number of aryl methyl sites for hydroxylation is 1. The number of amides is 2. The number of nitrogens with one attached hydrogen (secondary N) is 1. The van der Waals surface area contributed by atoms with Crippen LogP contribution >= 0.6 is 57.7 Å². The summed E-state index contributed by atoms with van der Waals surface area (Å²) in [6, 6.07) is 9.23. The van der Waals surface area contributed by atoms with E-state index < -0.39 is 17.6 Å². The maximum Gasteiger partial charge on any atom is 0.407 e. The van der Waals surface area contributed by atoms with Gasteiger partial charge in [-0.25, -0.2) is 9.78 Å². The van der Waals surface area contributed by atoms with E-state index in [0.717, 1.165) is 46.9 Å². The normalized spacial score (nSPS) is 17.1. The van der Waals surface area contributed by atoms with E-state index in [1.165, 1.54) is 11.3 Å². The second-order valence-corrected chi connectivity index (χ2v) is 15.5. The molecule has 2 heterocycles. The van der Waals surface area contributed by atoms with Crippen LogP contribution in [0.15, 0.2) is 36.5 Å². The molecule has 8 nitrogen and oxygen atoms in total. The Morgan fingerprint density at radius 3 is 2.50 bits per heavy atom. The molecule has 1 saturated carbocycles. The first-order valence-electron chi connectivity index (χ1n) is 15.3. The minimum absolute atomic E-state index is 0.0638. The molecular formula is C33H38Cl4N4O4S. The fourth-order valence-corrected chi connectivity index (χ4v) is 7.46. The zero-order chi connectivity index (χ0) is 33.2. The maximum absolute atomic E-state index is 14.2. The van der Waals surface area contributed by atoms with Gasteiger partial charge in [-0.2, -0.15) is 0 Å². The van der Waals surface area contributed by atoms with Crippen molar-refractivity contribution >= 4 is 74.9 Å². The Balaban J connectivity index is 1.29. The first kappa shape index (κ1) is 34.9. The van der Waals surface area contributed by atoms with Crippen LogP contribution in [0.5, 0.6) is 5.75 Å². The fraction of sp³-hybridized carbons (Fsp3) is 0.485. The van der Waals surface area contributed by atoms with Gasteiger partial charge in [-0.1, -0.05) is 58.5 Å². The largest absolute Gasteiger partial charge is 0.485 e. The quantitative estimate of drug-likeness (QED) is 0.213. The third kappa shape index (κ3) is 9.13. The molecule has 0 radical (unpaired) electrons. The Kier molecular flexibility index (Phi) is 11.2. The van der Waals surface area contributed by atoms with Crippen LogP contribution in [-0.2, 0) is 22.5 Å². The lowest BCUT2D eigenvalue weighted by atomic mass is 10.0. The van der Waals surface area contributed by atoms with Gasteiger partial charge in [-0.15, -0.1) is 11.3 Å². The monoisotopic (exact) mass is 726 g/mol. The zero-order valence-corrected chi connectivity index (χ0v) is 30.1. The molecule has 248 valence electrons. The molecule has 0 bridgehead atoms. The number of carbonyl (C=O) groups is 2. The molecule has 46 heavy (non-hydrogen) atoms. The van der Waals surface area contributed by atoms with Crippen LogP contribution in [0.3, 0.4) is 0 Å². The summed E-state index contributed by atoms with van der Waals surface area (Å²) in [6.45, 7) is 9.18. The molecule has 1 aromatic heterocycles. The molecule has 3 aromatic rings. The van der Waals surface area contributed by atoms with Crippen molar-refractivity contribution in [3.05, 3.63) is 72.6 Å². The molecule has 0 unspecified atom stereocenters. The molecule has 0 spiro atoms. The Morgan fingerprint density at radius 1 is 1.11 bits per heavy atom. The summed E-state index contributed by atoms with van der Waals surface area (Å²) in [6.07, 6.45) is 4.17. The second kappa shape index (κ2) is 14.8. The number of anilines is 1. The van der Waals surface area contributed by atoms with Gasteiger partial charge in [0, 0.05) is 43.2 Å². The summed E-state index contributed by atoms with van der Waals surface area (Å²) in [5.74, 6) is -0.107. The van der Waals surface area contributed by atoms with E-state index in [0.29, 0.717) is 45.4 Å². The smallest absolute Gasteiger partial charge is 0.407 e. The van der Waals surface area contributed by atoms with Gasteiger partial charge in [0.1, 0.15) is 11.7 Å². The van der Waals surface area contributed by atoms with Crippen LogP contribution in [0.25, 0.3) is 0 Å². The Hall–Kier alpha value is -2.43. The summed E-state index contributed by atoms with van der Waals surface area (Å²) in [4.78, 5) is 36.4. The van der Waals surface area contributed by atoms with Gasteiger partial charge in [-0.3, -0.25) is 4.79 Å². The van der Waals surface area contributed by atoms with Gasteiger partial charge in [0.2, 0.25) is 5.91 Å². The van der Waals surface area contributed by atoms with Crippen LogP contribution in [0.1, 0.15) is 56.0 Å². The number of rotatable bonds is 11. The van der Waals surface area contributed by atoms with Crippen molar-refractivity contribution in [3.63, 3.8) is 0 Å². The van der Waals surface area contributed by atoms with E-state index in [2.05, 4.69) is 10.2 Å². The van der Waals surface area contributed by atoms with Crippen LogP contribution in [0.4, 0.5) is 9.93 Å². The van der Waals surface area contributed by atoms with Gasteiger partial charge in [-0.05, 0) is 76.3 Å². The van der Waals surface area contributed by atoms with Gasteiger partial charge < -0.3 is 24.6 Å². The van der Waals surface area contributed by atoms with E-state index in [9.17, 15) is 9.59 Å². The lowest BCUT2D eigenvalue weighted by molar-refractivity contribution is -0.136. The second-order valence-electron chi connectivity index (χ2n) is 12.8. The molecule has 2 amide bonds. The van der Waals surface area contributed by atoms with Crippen LogP contribution in [0, 0.1) is 12.8 Å². The third-order valence-corrected chi connectivity index (χ3v) is 10.2. The number of nitrogens with zero attached hydrogens (tertiary/aromatic N) is 3. The van der Waals surface area contributed by atoms with Crippen molar-refractivity contribution in [2.24, 2.45) is 5.92 Å². The molecule has 2 aliphatic rings. The first-order valence-corrected chi connectivity index (χ1v) is 17.6. The molecule has 5 rings (SSSR count). The Morgan fingerprint density at radius 2 is 1.83 bits per heavy atom. The van der Waals surface area contributed by atoms with Crippen molar-refractivity contribution in [1.82, 2.24) is 15.2 Å². The fourth-order valence-electron chi connectivity index (χ4n) is 5.37. The van der Waals surface area contributed by atoms with Crippen LogP contribution in [-0.4, -0.2) is 59.3 Å². The molecule has 1 saturated heterocycles. The number of carbonyl (C=O) groups excluding carboxylic acids is 2. The third-order valence-electron chi connectivity index (χ3n) is 7.72. The lowest BCUT2D eigenvalue weighted by Crippen LogP contribution is -2.44. The molecule has 2 fully saturated rings. The summed E-state index contributed by atoms with van der Waals surface area (Å²) in [7, 11) is 0. The number of aromatic nitrogens is 1. The lowest BCUT2D eigenvalue weighted by Gasteiger charge is -2.28. The molecule has 2 aromatic carbocycles. The first-order chi connectivity index (χ1) is 21.8. The number of thiazole rings is 1. The average molecular weight is 729 g/mol. The minimum Gasteiger partial charge on any atom is -0.485 e. The molecular weight excluding hydrogens is 690 g/mol. The zero-order valence-electron chi connectivity index (χ0n) is 26.2. The topological polar surface area (TPSA) is 84.0 Å². The summed E-state index contributed by atoms with van der Waals surface area (Å²) in [5.41, 5.74) is 1.09. The van der Waals surface area contributed by atoms with Gasteiger partial charge >= 0.3 is 6.09 Å². The van der Waals surface area contributed by atoms with Crippen molar-refractivity contribution in [3.8, 4) is 5.75 Å². The van der Waals surface area contributed by atoms with Crippen molar-refractivity contribution in [2.75, 3.05) is 24.5 Å². The number of ether oxygens (including phenoxy) is 2. The molecule has 1 aliphatic heterocycles. The number of hydrogen-bond donors (Lipinski definition) is 1.